The predicted octanol–water partition coefficient (Wildman–Crippen LogP) is 2.19. The summed E-state index contributed by atoms with van der Waals surface area (Å²) >= 11 is 0. The van der Waals surface area contributed by atoms with Crippen molar-refractivity contribution in [2.24, 2.45) is 0 Å². The highest BCUT2D eigenvalue weighted by atomic mass is 32.2. The van der Waals surface area contributed by atoms with Crippen molar-refractivity contribution in [2.45, 2.75) is 25.3 Å². The Kier molecular flexibility index (Phi) is 5.13. The van der Waals surface area contributed by atoms with Crippen LogP contribution >= 0.6 is 0 Å². The van der Waals surface area contributed by atoms with Gasteiger partial charge in [-0.1, -0.05) is 0 Å². The lowest BCUT2D eigenvalue weighted by atomic mass is 10.2. The van der Waals surface area contributed by atoms with Gasteiger partial charge in [0.1, 0.15) is 17.3 Å². The van der Waals surface area contributed by atoms with Gasteiger partial charge in [-0.3, -0.25) is 4.79 Å². The van der Waals surface area contributed by atoms with Crippen molar-refractivity contribution in [3.05, 3.63) is 42.2 Å². The summed E-state index contributed by atoms with van der Waals surface area (Å²) in [5.41, 5.74) is 0.938. The molecule has 1 aromatic carbocycles. The summed E-state index contributed by atoms with van der Waals surface area (Å²) < 4.78 is 33.7. The van der Waals surface area contributed by atoms with E-state index < -0.39 is 9.84 Å². The first-order valence-corrected chi connectivity index (χ1v) is 10.0. The van der Waals surface area contributed by atoms with Gasteiger partial charge in [0.2, 0.25) is 5.91 Å². The number of furan rings is 1. The topological polar surface area (TPSA) is 85.6 Å². The number of nitrogens with one attached hydrogen (secondary N) is 1. The van der Waals surface area contributed by atoms with Gasteiger partial charge in [-0.05, 0) is 42.8 Å². The van der Waals surface area contributed by atoms with Gasteiger partial charge in [0.25, 0.3) is 0 Å². The molecule has 0 saturated carbocycles. The van der Waals surface area contributed by atoms with Gasteiger partial charge in [-0.25, -0.2) is 8.42 Å². The molecule has 7 heteroatoms. The van der Waals surface area contributed by atoms with E-state index in [1.165, 1.54) is 0 Å². The second kappa shape index (κ2) is 7.31. The lowest BCUT2D eigenvalue weighted by Gasteiger charge is -2.10. The molecule has 0 aliphatic carbocycles. The first-order valence-electron chi connectivity index (χ1n) is 8.18. The minimum atomic E-state index is -2.98. The van der Waals surface area contributed by atoms with Gasteiger partial charge in [-0.2, -0.15) is 0 Å². The van der Waals surface area contributed by atoms with Crippen molar-refractivity contribution in [3.63, 3.8) is 0 Å². The lowest BCUT2D eigenvalue weighted by molar-refractivity contribution is -0.121. The summed E-state index contributed by atoms with van der Waals surface area (Å²) in [6, 6.07) is 11.0. The van der Waals surface area contributed by atoms with Gasteiger partial charge in [0.15, 0.2) is 9.84 Å². The Bertz CT molecular complexity index is 839. The summed E-state index contributed by atoms with van der Waals surface area (Å²) in [6.45, 7) is 0. The number of benzene rings is 1. The number of hydrogen-bond acceptors (Lipinski definition) is 5. The molecule has 134 valence electrons. The maximum Gasteiger partial charge on any atom is 0.220 e. The minimum Gasteiger partial charge on any atom is -0.497 e. The average molecular weight is 363 g/mol. The Morgan fingerprint density at radius 2 is 2.00 bits per heavy atom. The third kappa shape index (κ3) is 4.63. The van der Waals surface area contributed by atoms with Crippen molar-refractivity contribution in [3.8, 4) is 17.1 Å². The summed E-state index contributed by atoms with van der Waals surface area (Å²) in [4.78, 5) is 12.0. The predicted molar refractivity (Wildman–Crippen MR) is 94.2 cm³/mol. The monoisotopic (exact) mass is 363 g/mol. The number of carbonyl (C=O) groups excluding carboxylic acids is 1. The molecule has 0 bridgehead atoms. The van der Waals surface area contributed by atoms with E-state index in [0.717, 1.165) is 22.8 Å². The third-order valence-electron chi connectivity index (χ3n) is 4.23. The number of methoxy groups -OCH3 is 1. The maximum atomic E-state index is 12.0. The van der Waals surface area contributed by atoms with Crippen LogP contribution in [0.3, 0.4) is 0 Å². The van der Waals surface area contributed by atoms with Crippen molar-refractivity contribution >= 4 is 15.7 Å². The zero-order chi connectivity index (χ0) is 17.9. The number of amides is 1. The number of aryl methyl sites for hydroxylation is 1. The van der Waals surface area contributed by atoms with E-state index in [-0.39, 0.29) is 29.9 Å². The Morgan fingerprint density at radius 1 is 1.24 bits per heavy atom. The molecule has 3 rings (SSSR count). The van der Waals surface area contributed by atoms with Gasteiger partial charge < -0.3 is 14.5 Å². The van der Waals surface area contributed by atoms with Gasteiger partial charge in [-0.15, -0.1) is 0 Å². The number of ether oxygens (including phenoxy) is 1. The number of carbonyl (C=O) groups is 1. The van der Waals surface area contributed by atoms with Gasteiger partial charge in [0, 0.05) is 24.4 Å². The molecule has 2 heterocycles. The first kappa shape index (κ1) is 17.5. The van der Waals surface area contributed by atoms with Crippen molar-refractivity contribution in [2.75, 3.05) is 18.6 Å². The molecule has 1 amide bonds. The van der Waals surface area contributed by atoms with Crippen molar-refractivity contribution in [1.29, 1.82) is 0 Å². The molecule has 1 N–H and O–H groups in total. The molecule has 0 radical (unpaired) electrons. The number of rotatable bonds is 6. The minimum absolute atomic E-state index is 0.0428. The van der Waals surface area contributed by atoms with Crippen LogP contribution in [-0.4, -0.2) is 39.0 Å². The van der Waals surface area contributed by atoms with Crippen LogP contribution in [0.25, 0.3) is 11.3 Å². The van der Waals surface area contributed by atoms with Crippen LogP contribution in [-0.2, 0) is 21.1 Å². The van der Waals surface area contributed by atoms with E-state index in [1.54, 1.807) is 7.11 Å². The van der Waals surface area contributed by atoms with Gasteiger partial charge >= 0.3 is 0 Å². The average Bonchev–Trinajstić information content (AvgIpc) is 3.19. The molecule has 1 aliphatic rings. The standard InChI is InChI=1S/C18H21NO5S/c1-23-15-4-2-13(3-5-15)17-8-6-16(24-17)7-9-18(20)19-14-10-11-25(21,22)12-14/h2-6,8,14H,7,9-12H2,1H3,(H,19,20)/t14-/m0/s1. The van der Waals surface area contributed by atoms with Crippen molar-refractivity contribution in [1.82, 2.24) is 5.32 Å². The fraction of sp³-hybridized carbons (Fsp3) is 0.389. The van der Waals surface area contributed by atoms with Crippen LogP contribution in [0.15, 0.2) is 40.8 Å². The van der Waals surface area contributed by atoms with Crippen LogP contribution in [0, 0.1) is 0 Å². The summed E-state index contributed by atoms with van der Waals surface area (Å²) in [6.07, 6.45) is 1.24. The number of sulfone groups is 1. The van der Waals surface area contributed by atoms with Crippen molar-refractivity contribution < 1.29 is 22.4 Å². The Balaban J connectivity index is 1.52. The lowest BCUT2D eigenvalue weighted by Crippen LogP contribution is -2.35. The highest BCUT2D eigenvalue weighted by Gasteiger charge is 2.28. The second-order valence-electron chi connectivity index (χ2n) is 6.16. The molecule has 6 nitrogen and oxygen atoms in total. The molecule has 0 unspecified atom stereocenters. The number of hydrogen-bond donors (Lipinski definition) is 1. The molecule has 1 aliphatic heterocycles. The van der Waals surface area contributed by atoms with E-state index in [1.807, 2.05) is 36.4 Å². The normalized spacial score (nSPS) is 18.8. The summed E-state index contributed by atoms with van der Waals surface area (Å²) in [5, 5.41) is 2.78. The Morgan fingerprint density at radius 3 is 2.64 bits per heavy atom. The molecule has 1 fully saturated rings. The van der Waals surface area contributed by atoms with Crippen LogP contribution in [0.5, 0.6) is 5.75 Å². The Labute approximate surface area is 147 Å². The second-order valence-corrected chi connectivity index (χ2v) is 8.39. The highest BCUT2D eigenvalue weighted by Crippen LogP contribution is 2.25. The third-order valence-corrected chi connectivity index (χ3v) is 6.00. The van der Waals surface area contributed by atoms with E-state index in [2.05, 4.69) is 5.32 Å². The van der Waals surface area contributed by atoms with Gasteiger partial charge in [0.05, 0.1) is 18.6 Å². The van der Waals surface area contributed by atoms with E-state index in [0.29, 0.717) is 12.8 Å². The Hall–Kier alpha value is -2.28. The molecule has 1 aromatic heterocycles. The maximum absolute atomic E-state index is 12.0. The van der Waals surface area contributed by atoms with Crippen LogP contribution < -0.4 is 10.1 Å². The molecule has 2 aromatic rings. The van der Waals surface area contributed by atoms with Crippen LogP contribution in [0.4, 0.5) is 0 Å². The zero-order valence-corrected chi connectivity index (χ0v) is 14.8. The fourth-order valence-corrected chi connectivity index (χ4v) is 4.54. The van der Waals surface area contributed by atoms with Crippen LogP contribution in [0.2, 0.25) is 0 Å². The SMILES string of the molecule is COc1ccc(-c2ccc(CCC(=O)N[C@H]3CCS(=O)(=O)C3)o2)cc1. The smallest absolute Gasteiger partial charge is 0.220 e. The summed E-state index contributed by atoms with van der Waals surface area (Å²) in [7, 11) is -1.37. The first-order chi connectivity index (χ1) is 11.9. The highest BCUT2D eigenvalue weighted by molar-refractivity contribution is 7.91. The summed E-state index contributed by atoms with van der Waals surface area (Å²) in [5.74, 6) is 2.29. The molecular formula is C18H21NO5S. The van der Waals surface area contributed by atoms with Crippen LogP contribution in [0.1, 0.15) is 18.6 Å². The molecule has 0 spiro atoms. The van der Waals surface area contributed by atoms with E-state index in [9.17, 15) is 13.2 Å². The molecular weight excluding hydrogens is 342 g/mol. The molecule has 1 atom stereocenters. The largest absolute Gasteiger partial charge is 0.497 e. The quantitative estimate of drug-likeness (QED) is 0.850. The molecule has 1 saturated heterocycles. The van der Waals surface area contributed by atoms with E-state index >= 15 is 0 Å². The molecule has 25 heavy (non-hydrogen) atoms. The van der Waals surface area contributed by atoms with E-state index in [4.69, 9.17) is 9.15 Å². The zero-order valence-electron chi connectivity index (χ0n) is 14.0. The fourth-order valence-electron chi connectivity index (χ4n) is 2.87.